The first-order valence-corrected chi connectivity index (χ1v) is 12.6. The molecule has 0 aromatic rings. The molecule has 0 heterocycles. The van der Waals surface area contributed by atoms with E-state index < -0.39 is 0 Å². The van der Waals surface area contributed by atoms with Gasteiger partial charge in [0.15, 0.2) is 0 Å². The summed E-state index contributed by atoms with van der Waals surface area (Å²) < 4.78 is 0.832. The van der Waals surface area contributed by atoms with E-state index >= 15 is 0 Å². The zero-order valence-electron chi connectivity index (χ0n) is 11.6. The fraction of sp³-hybridized carbons (Fsp3) is 0.500. The minimum atomic E-state index is 0.416. The average molecular weight is 372 g/mol. The monoisotopic (exact) mass is 374 g/mol. The second-order valence-electron chi connectivity index (χ2n) is 5.60. The molecule has 0 aromatic heterocycles. The summed E-state index contributed by atoms with van der Waals surface area (Å²) >= 11 is 1.39. The maximum absolute atomic E-state index is 2.44. The molecule has 0 bridgehead atoms. The molecule has 0 aromatic carbocycles. The molecule has 2 rings (SSSR count). The van der Waals surface area contributed by atoms with Crippen LogP contribution in [0.3, 0.4) is 0 Å². The van der Waals surface area contributed by atoms with Gasteiger partial charge in [0.05, 0.1) is 0 Å². The van der Waals surface area contributed by atoms with Crippen molar-refractivity contribution in [3.63, 3.8) is 0 Å². The summed E-state index contributed by atoms with van der Waals surface area (Å²) in [6.45, 7) is 9.60. The molecular formula is C16H22Se2. The van der Waals surface area contributed by atoms with Crippen molar-refractivity contribution in [3.8, 4) is 0 Å². The summed E-state index contributed by atoms with van der Waals surface area (Å²) in [7, 11) is 0. The summed E-state index contributed by atoms with van der Waals surface area (Å²) in [6.07, 6.45) is 18.5. The van der Waals surface area contributed by atoms with Crippen LogP contribution in [0.15, 0.2) is 48.6 Å². The predicted molar refractivity (Wildman–Crippen MR) is 83.1 cm³/mol. The van der Waals surface area contributed by atoms with Crippen LogP contribution in [0.4, 0.5) is 0 Å². The minimum absolute atomic E-state index is 0.416. The van der Waals surface area contributed by atoms with E-state index in [-0.39, 0.29) is 0 Å². The van der Waals surface area contributed by atoms with E-state index in [9.17, 15) is 0 Å². The van der Waals surface area contributed by atoms with Gasteiger partial charge < -0.3 is 0 Å². The Bertz CT molecular complexity index is 379. The standard InChI is InChI=1S/C16H22Se2/c1-13-9-5-7-11-15(13,3)17-18-16(4)12-8-6-10-14(16)2/h5-14H,1-4H3. The van der Waals surface area contributed by atoms with Gasteiger partial charge in [0.2, 0.25) is 0 Å². The van der Waals surface area contributed by atoms with Crippen molar-refractivity contribution in [2.45, 2.75) is 36.3 Å². The van der Waals surface area contributed by atoms with Crippen molar-refractivity contribution in [3.05, 3.63) is 48.6 Å². The third-order valence-electron chi connectivity index (χ3n) is 4.09. The van der Waals surface area contributed by atoms with E-state index in [0.29, 0.717) is 46.7 Å². The molecule has 0 spiro atoms. The number of rotatable bonds is 3. The molecule has 0 saturated heterocycles. The summed E-state index contributed by atoms with van der Waals surface area (Å²) in [5.41, 5.74) is 0. The zero-order chi connectivity index (χ0) is 13.2. The van der Waals surface area contributed by atoms with Crippen LogP contribution >= 0.6 is 0 Å². The molecule has 2 aliphatic rings. The molecule has 18 heavy (non-hydrogen) atoms. The van der Waals surface area contributed by atoms with Gasteiger partial charge in [-0.3, -0.25) is 0 Å². The fourth-order valence-corrected chi connectivity index (χ4v) is 12.7. The van der Waals surface area contributed by atoms with Gasteiger partial charge in [-0.05, 0) is 0 Å². The summed E-state index contributed by atoms with van der Waals surface area (Å²) in [6, 6.07) is 0. The Morgan fingerprint density at radius 2 is 1.11 bits per heavy atom. The zero-order valence-corrected chi connectivity index (χ0v) is 15.0. The van der Waals surface area contributed by atoms with Crippen LogP contribution in [0.5, 0.6) is 0 Å². The normalized spacial score (nSPS) is 42.4. The molecule has 2 heteroatoms. The Hall–Kier alpha value is -0.00104. The quantitative estimate of drug-likeness (QED) is 0.652. The molecule has 0 amide bonds. The van der Waals surface area contributed by atoms with Gasteiger partial charge in [0.25, 0.3) is 0 Å². The Balaban J connectivity index is 2.03. The van der Waals surface area contributed by atoms with Gasteiger partial charge in [-0.1, -0.05) is 0 Å². The van der Waals surface area contributed by atoms with Crippen LogP contribution in [0.1, 0.15) is 27.7 Å². The van der Waals surface area contributed by atoms with Crippen molar-refractivity contribution in [1.82, 2.24) is 0 Å². The molecule has 2 aliphatic carbocycles. The first kappa shape index (κ1) is 14.4. The van der Waals surface area contributed by atoms with Crippen molar-refractivity contribution >= 4 is 26.3 Å². The Labute approximate surface area is 123 Å². The third-order valence-corrected chi connectivity index (χ3v) is 16.6. The van der Waals surface area contributed by atoms with Crippen LogP contribution in [0.25, 0.3) is 0 Å². The van der Waals surface area contributed by atoms with E-state index in [1.54, 1.807) is 0 Å². The summed E-state index contributed by atoms with van der Waals surface area (Å²) in [4.78, 5) is 0. The average Bonchev–Trinajstić information content (AvgIpc) is 2.35. The van der Waals surface area contributed by atoms with E-state index in [0.717, 1.165) is 0 Å². The Morgan fingerprint density at radius 1 is 0.722 bits per heavy atom. The number of hydrogen-bond acceptors (Lipinski definition) is 0. The molecule has 0 nitrogen and oxygen atoms in total. The SMILES string of the molecule is CC1C=CC=CC1(C)[Se][Se]C1(C)C=CC=CC1C. The van der Waals surface area contributed by atoms with Crippen LogP contribution in [-0.2, 0) is 0 Å². The first-order valence-electron chi connectivity index (χ1n) is 6.55. The van der Waals surface area contributed by atoms with E-state index in [2.05, 4.69) is 76.3 Å². The van der Waals surface area contributed by atoms with Crippen LogP contribution in [0, 0.1) is 11.8 Å². The molecule has 4 atom stereocenters. The molecule has 0 N–H and O–H groups in total. The van der Waals surface area contributed by atoms with Gasteiger partial charge in [-0.2, -0.15) is 0 Å². The van der Waals surface area contributed by atoms with Gasteiger partial charge in [0, 0.05) is 0 Å². The molecule has 0 aliphatic heterocycles. The summed E-state index contributed by atoms with van der Waals surface area (Å²) in [5.74, 6) is 1.37. The van der Waals surface area contributed by atoms with E-state index in [1.165, 1.54) is 0 Å². The van der Waals surface area contributed by atoms with Crippen molar-refractivity contribution in [1.29, 1.82) is 0 Å². The van der Waals surface area contributed by atoms with Crippen molar-refractivity contribution in [2.75, 3.05) is 0 Å². The number of hydrogen-bond donors (Lipinski definition) is 0. The molecule has 4 unspecified atom stereocenters. The molecule has 0 saturated carbocycles. The second-order valence-corrected chi connectivity index (χ2v) is 13.6. The van der Waals surface area contributed by atoms with Gasteiger partial charge in [-0.25, -0.2) is 0 Å². The topological polar surface area (TPSA) is 0 Å². The van der Waals surface area contributed by atoms with Crippen LogP contribution < -0.4 is 0 Å². The predicted octanol–water partition coefficient (Wildman–Crippen LogP) is 4.19. The molecule has 0 fully saturated rings. The Kier molecular flexibility index (Phi) is 4.44. The molecule has 98 valence electrons. The van der Waals surface area contributed by atoms with Crippen molar-refractivity contribution < 1.29 is 0 Å². The Morgan fingerprint density at radius 3 is 1.44 bits per heavy atom. The van der Waals surface area contributed by atoms with Crippen LogP contribution in [0.2, 0.25) is 8.63 Å². The maximum atomic E-state index is 2.44. The van der Waals surface area contributed by atoms with Gasteiger partial charge >= 0.3 is 123 Å². The third kappa shape index (κ3) is 2.94. The van der Waals surface area contributed by atoms with E-state index in [4.69, 9.17) is 0 Å². The molecular weight excluding hydrogens is 350 g/mol. The summed E-state index contributed by atoms with van der Waals surface area (Å²) in [5, 5.41) is 0. The van der Waals surface area contributed by atoms with E-state index in [1.807, 2.05) is 0 Å². The molecule has 0 radical (unpaired) electrons. The second kappa shape index (κ2) is 5.55. The van der Waals surface area contributed by atoms with Crippen LogP contribution in [-0.4, -0.2) is 26.3 Å². The van der Waals surface area contributed by atoms with Crippen molar-refractivity contribution in [2.24, 2.45) is 11.8 Å². The van der Waals surface area contributed by atoms with Gasteiger partial charge in [0.1, 0.15) is 0 Å². The first-order chi connectivity index (χ1) is 8.46. The number of allylic oxidation sites excluding steroid dienone is 8. The fourth-order valence-electron chi connectivity index (χ4n) is 2.03. The van der Waals surface area contributed by atoms with Gasteiger partial charge in [-0.15, -0.1) is 0 Å².